The third kappa shape index (κ3) is 3.39. The van der Waals surface area contributed by atoms with Crippen molar-refractivity contribution in [2.24, 2.45) is 12.0 Å². The molecule has 0 atom stereocenters. The largest absolute Gasteiger partial charge is 0.368 e. The molecule has 3 heterocycles. The Morgan fingerprint density at radius 2 is 1.77 bits per heavy atom. The summed E-state index contributed by atoms with van der Waals surface area (Å²) in [5.74, 6) is -0.154. The van der Waals surface area contributed by atoms with Crippen LogP contribution in [0.5, 0.6) is 0 Å². The number of aryl methyl sites for hydroxylation is 2. The Morgan fingerprint density at radius 3 is 2.42 bits per heavy atom. The van der Waals surface area contributed by atoms with Gasteiger partial charge in [0.1, 0.15) is 0 Å². The van der Waals surface area contributed by atoms with E-state index in [4.69, 9.17) is 0 Å². The van der Waals surface area contributed by atoms with E-state index >= 15 is 0 Å². The van der Waals surface area contributed by atoms with E-state index in [0.29, 0.717) is 4.91 Å². The lowest BCUT2D eigenvalue weighted by atomic mass is 10.2. The maximum atomic E-state index is 12.3. The minimum Gasteiger partial charge on any atom is -0.368 e. The summed E-state index contributed by atoms with van der Waals surface area (Å²) < 4.78 is 1.76. The maximum absolute atomic E-state index is 12.3. The molecule has 4 rings (SSSR count). The van der Waals surface area contributed by atoms with Crippen molar-refractivity contribution in [3.8, 4) is 0 Å². The second-order valence-corrected chi connectivity index (χ2v) is 7.47. The first kappa shape index (κ1) is 16.9. The Labute approximate surface area is 157 Å². The molecule has 1 fully saturated rings. The molecule has 1 amide bonds. The van der Waals surface area contributed by atoms with E-state index in [1.165, 1.54) is 17.4 Å². The minimum absolute atomic E-state index is 0.154. The second-order valence-electron chi connectivity index (χ2n) is 6.46. The van der Waals surface area contributed by atoms with E-state index in [1.807, 2.05) is 32.3 Å². The summed E-state index contributed by atoms with van der Waals surface area (Å²) in [5, 5.41) is 5.14. The maximum Gasteiger partial charge on any atom is 0.286 e. The van der Waals surface area contributed by atoms with Gasteiger partial charge in [-0.25, -0.2) is 0 Å². The summed E-state index contributed by atoms with van der Waals surface area (Å²) in [6, 6.07) is 10.4. The van der Waals surface area contributed by atoms with Crippen LogP contribution in [-0.4, -0.2) is 51.9 Å². The number of amides is 1. The third-order valence-electron chi connectivity index (χ3n) is 4.62. The number of amidine groups is 1. The first-order valence-electron chi connectivity index (χ1n) is 8.68. The van der Waals surface area contributed by atoms with Crippen molar-refractivity contribution in [3.63, 3.8) is 0 Å². The van der Waals surface area contributed by atoms with Crippen molar-refractivity contribution in [2.45, 2.75) is 6.92 Å². The first-order chi connectivity index (χ1) is 12.6. The van der Waals surface area contributed by atoms with E-state index in [-0.39, 0.29) is 5.91 Å². The van der Waals surface area contributed by atoms with E-state index in [9.17, 15) is 4.79 Å². The SMILES string of the molecule is Cc1nn(C)cc1C=C1SC(N2CCN(c3ccccc3)CC2)=NC1=O. The quantitative estimate of drug-likeness (QED) is 0.764. The number of hydrogen-bond acceptors (Lipinski definition) is 5. The monoisotopic (exact) mass is 367 g/mol. The minimum atomic E-state index is -0.154. The Balaban J connectivity index is 1.42. The van der Waals surface area contributed by atoms with Gasteiger partial charge < -0.3 is 9.80 Å². The van der Waals surface area contributed by atoms with Gasteiger partial charge >= 0.3 is 0 Å². The number of para-hydroxylation sites is 1. The number of piperazine rings is 1. The number of aliphatic imine (C=N–C) groups is 1. The average molecular weight is 367 g/mol. The summed E-state index contributed by atoms with van der Waals surface area (Å²) in [6.07, 6.45) is 3.82. The fraction of sp³-hybridized carbons (Fsp3) is 0.316. The molecule has 0 spiro atoms. The van der Waals surface area contributed by atoms with Gasteiger partial charge in [0.25, 0.3) is 5.91 Å². The van der Waals surface area contributed by atoms with Gasteiger partial charge in [0.05, 0.1) is 10.6 Å². The van der Waals surface area contributed by atoms with Crippen LogP contribution >= 0.6 is 11.8 Å². The van der Waals surface area contributed by atoms with Gasteiger partial charge in [-0.2, -0.15) is 10.1 Å². The van der Waals surface area contributed by atoms with E-state index in [0.717, 1.165) is 42.6 Å². The molecular formula is C19H21N5OS. The molecule has 7 heteroatoms. The van der Waals surface area contributed by atoms with Gasteiger partial charge in [0.2, 0.25) is 0 Å². The number of benzene rings is 1. The zero-order valence-corrected chi connectivity index (χ0v) is 15.7. The highest BCUT2D eigenvalue weighted by Gasteiger charge is 2.28. The van der Waals surface area contributed by atoms with Crippen molar-refractivity contribution >= 4 is 34.6 Å². The molecule has 134 valence electrons. The molecule has 1 aromatic heterocycles. The molecule has 2 aliphatic rings. The molecule has 0 bridgehead atoms. The van der Waals surface area contributed by atoms with E-state index < -0.39 is 0 Å². The molecule has 2 aliphatic heterocycles. The molecular weight excluding hydrogens is 346 g/mol. The molecule has 0 radical (unpaired) electrons. The normalized spacial score (nSPS) is 19.4. The smallest absolute Gasteiger partial charge is 0.286 e. The van der Waals surface area contributed by atoms with Gasteiger partial charge in [-0.05, 0) is 36.9 Å². The van der Waals surface area contributed by atoms with Crippen LogP contribution in [0.4, 0.5) is 5.69 Å². The molecule has 0 saturated carbocycles. The predicted octanol–water partition coefficient (Wildman–Crippen LogP) is 2.52. The zero-order chi connectivity index (χ0) is 18.1. The fourth-order valence-corrected chi connectivity index (χ4v) is 4.18. The lowest BCUT2D eigenvalue weighted by Gasteiger charge is -2.36. The number of thioether (sulfide) groups is 1. The number of nitrogens with zero attached hydrogens (tertiary/aromatic N) is 5. The van der Waals surface area contributed by atoms with E-state index in [1.54, 1.807) is 4.68 Å². The van der Waals surface area contributed by atoms with Crippen LogP contribution in [-0.2, 0) is 11.8 Å². The highest BCUT2D eigenvalue weighted by atomic mass is 32.2. The number of aromatic nitrogens is 2. The lowest BCUT2D eigenvalue weighted by Crippen LogP contribution is -2.47. The summed E-state index contributed by atoms with van der Waals surface area (Å²) in [6.45, 7) is 5.54. The molecule has 0 unspecified atom stereocenters. The van der Waals surface area contributed by atoms with Gasteiger partial charge in [0.15, 0.2) is 5.17 Å². The summed E-state index contributed by atoms with van der Waals surface area (Å²) in [7, 11) is 1.88. The molecule has 1 aromatic carbocycles. The average Bonchev–Trinajstić information content (AvgIpc) is 3.18. The summed E-state index contributed by atoms with van der Waals surface area (Å²) in [4.78, 5) is 21.8. The van der Waals surface area contributed by atoms with Crippen LogP contribution in [0.1, 0.15) is 11.3 Å². The van der Waals surface area contributed by atoms with Gasteiger partial charge in [-0.1, -0.05) is 18.2 Å². The third-order valence-corrected chi connectivity index (χ3v) is 5.66. The molecule has 26 heavy (non-hydrogen) atoms. The topological polar surface area (TPSA) is 53.7 Å². The van der Waals surface area contributed by atoms with Crippen molar-refractivity contribution < 1.29 is 4.79 Å². The Bertz CT molecular complexity index is 879. The first-order valence-corrected chi connectivity index (χ1v) is 9.49. The zero-order valence-electron chi connectivity index (χ0n) is 14.9. The van der Waals surface area contributed by atoms with Gasteiger partial charge in [-0.15, -0.1) is 0 Å². The molecule has 0 N–H and O–H groups in total. The highest BCUT2D eigenvalue weighted by Crippen LogP contribution is 2.31. The van der Waals surface area contributed by atoms with Crippen molar-refractivity contribution in [2.75, 3.05) is 31.1 Å². The number of anilines is 1. The standard InChI is InChI=1S/C19H21N5OS/c1-14-15(13-22(2)21-14)12-17-18(25)20-19(26-17)24-10-8-23(9-11-24)16-6-4-3-5-7-16/h3-7,12-13H,8-11H2,1-2H3. The van der Waals surface area contributed by atoms with Crippen LogP contribution in [0.25, 0.3) is 6.08 Å². The molecule has 2 aromatic rings. The van der Waals surface area contributed by atoms with Gasteiger partial charge in [-0.3, -0.25) is 9.48 Å². The fourth-order valence-electron chi connectivity index (χ4n) is 3.23. The van der Waals surface area contributed by atoms with Crippen molar-refractivity contribution in [3.05, 3.63) is 52.7 Å². The predicted molar refractivity (Wildman–Crippen MR) is 106 cm³/mol. The number of carbonyl (C=O) groups is 1. The lowest BCUT2D eigenvalue weighted by molar-refractivity contribution is -0.113. The van der Waals surface area contributed by atoms with Crippen LogP contribution < -0.4 is 4.90 Å². The van der Waals surface area contributed by atoms with Crippen LogP contribution in [0, 0.1) is 6.92 Å². The molecule has 1 saturated heterocycles. The van der Waals surface area contributed by atoms with Crippen LogP contribution in [0.15, 0.2) is 46.4 Å². The Kier molecular flexibility index (Phi) is 4.55. The second kappa shape index (κ2) is 6.99. The number of rotatable bonds is 2. The number of hydrogen-bond donors (Lipinski definition) is 0. The number of carbonyl (C=O) groups excluding carboxylic acids is 1. The highest BCUT2D eigenvalue weighted by molar-refractivity contribution is 8.18. The Hall–Kier alpha value is -2.54. The van der Waals surface area contributed by atoms with Crippen LogP contribution in [0.3, 0.4) is 0 Å². The van der Waals surface area contributed by atoms with Crippen molar-refractivity contribution in [1.29, 1.82) is 0 Å². The summed E-state index contributed by atoms with van der Waals surface area (Å²) in [5.41, 5.74) is 3.13. The Morgan fingerprint density at radius 1 is 1.08 bits per heavy atom. The molecule has 0 aliphatic carbocycles. The molecule has 6 nitrogen and oxygen atoms in total. The van der Waals surface area contributed by atoms with Gasteiger partial charge in [0, 0.05) is 50.7 Å². The summed E-state index contributed by atoms with van der Waals surface area (Å²) >= 11 is 1.47. The van der Waals surface area contributed by atoms with E-state index in [2.05, 4.69) is 44.2 Å². The van der Waals surface area contributed by atoms with Crippen LogP contribution in [0.2, 0.25) is 0 Å². The van der Waals surface area contributed by atoms with Crippen molar-refractivity contribution in [1.82, 2.24) is 14.7 Å².